The van der Waals surface area contributed by atoms with Crippen LogP contribution in [0.5, 0.6) is 11.5 Å². The highest BCUT2D eigenvalue weighted by atomic mass is 35.5. The van der Waals surface area contributed by atoms with Crippen LogP contribution in [0.3, 0.4) is 0 Å². The van der Waals surface area contributed by atoms with E-state index in [0.717, 1.165) is 0 Å². The lowest BCUT2D eigenvalue weighted by atomic mass is 10.2. The molecule has 30 heavy (non-hydrogen) atoms. The summed E-state index contributed by atoms with van der Waals surface area (Å²) in [5.41, 5.74) is -1.46. The largest absolute Gasteiger partial charge is 0.507 e. The predicted molar refractivity (Wildman–Crippen MR) is 81.8 cm³/mol. The number of benzene rings is 1. The van der Waals surface area contributed by atoms with Crippen molar-refractivity contribution in [3.8, 4) is 11.5 Å². The summed E-state index contributed by atoms with van der Waals surface area (Å²) in [4.78, 5) is 3.32. The molecule has 1 aromatic carbocycles. The first-order valence-electron chi connectivity index (χ1n) is 7.86. The van der Waals surface area contributed by atoms with Gasteiger partial charge in [0, 0.05) is 6.07 Å². The van der Waals surface area contributed by atoms with Gasteiger partial charge >= 0.3 is 24.9 Å². The molecule has 15 heteroatoms. The number of alkyl halides is 7. The molecule has 2 aromatic rings. The normalized spacial score (nSPS) is 22.3. The molecule has 3 heterocycles. The standard InChI is InChI=1S/C15H8ClF7N2O5/c1-4-7(28-12(26)27-4)3-25-9-8(24-11(25)13(17,18)19)5(16)2-6-10(9)30-15(22,23)14(20,21)29-6/h2,12,26H,3H2,1H3. The number of rotatable bonds is 2. The molecule has 0 saturated heterocycles. The minimum Gasteiger partial charge on any atom is -0.434 e. The minimum atomic E-state index is -5.20. The van der Waals surface area contributed by atoms with Crippen molar-refractivity contribution in [3.05, 3.63) is 28.4 Å². The molecule has 0 aliphatic carbocycles. The Bertz CT molecular complexity index is 1080. The third-order valence-electron chi connectivity index (χ3n) is 4.17. The molecule has 2 aliphatic heterocycles. The number of hydrogen-bond acceptors (Lipinski definition) is 6. The van der Waals surface area contributed by atoms with Gasteiger partial charge in [0.2, 0.25) is 5.82 Å². The van der Waals surface area contributed by atoms with Crippen LogP contribution in [0, 0.1) is 0 Å². The van der Waals surface area contributed by atoms with Crippen molar-refractivity contribution in [2.75, 3.05) is 0 Å². The Morgan fingerprint density at radius 3 is 2.37 bits per heavy atom. The number of fused-ring (bicyclic) bond motifs is 3. The summed E-state index contributed by atoms with van der Waals surface area (Å²) < 4.78 is 113. The fourth-order valence-electron chi connectivity index (χ4n) is 2.88. The molecule has 0 spiro atoms. The van der Waals surface area contributed by atoms with E-state index in [1.165, 1.54) is 6.92 Å². The Hall–Kier alpha value is -2.61. The lowest BCUT2D eigenvalue weighted by molar-refractivity contribution is -0.391. The zero-order chi connectivity index (χ0) is 22.2. The van der Waals surface area contributed by atoms with Gasteiger partial charge in [-0.1, -0.05) is 11.6 Å². The molecule has 164 valence electrons. The van der Waals surface area contributed by atoms with E-state index >= 15 is 0 Å². The van der Waals surface area contributed by atoms with Gasteiger partial charge in [0.1, 0.15) is 16.8 Å². The van der Waals surface area contributed by atoms with Crippen molar-refractivity contribution < 1.29 is 54.8 Å². The first-order valence-corrected chi connectivity index (χ1v) is 8.24. The molecule has 1 unspecified atom stereocenters. The van der Waals surface area contributed by atoms with Crippen molar-refractivity contribution >= 4 is 22.6 Å². The van der Waals surface area contributed by atoms with E-state index in [1.54, 1.807) is 0 Å². The summed E-state index contributed by atoms with van der Waals surface area (Å²) in [6.07, 6.45) is -15.4. The van der Waals surface area contributed by atoms with Gasteiger partial charge < -0.3 is 28.6 Å². The SMILES string of the molecule is CC1=C(Cn2c(C(F)(F)F)nc3c(Cl)cc4c(c32)OC(F)(F)C(F)(F)O4)OC(O)O1. The Kier molecular flexibility index (Phi) is 4.27. The van der Waals surface area contributed by atoms with E-state index in [9.17, 15) is 35.8 Å². The highest BCUT2D eigenvalue weighted by Gasteiger charge is 2.66. The molecule has 1 aromatic heterocycles. The molecule has 1 N–H and O–H groups in total. The van der Waals surface area contributed by atoms with Crippen molar-refractivity contribution in [3.63, 3.8) is 0 Å². The third kappa shape index (κ3) is 3.05. The Labute approximate surface area is 166 Å². The van der Waals surface area contributed by atoms with Gasteiger partial charge in [-0.05, 0) is 6.92 Å². The zero-order valence-electron chi connectivity index (χ0n) is 14.4. The summed E-state index contributed by atoms with van der Waals surface area (Å²) in [6, 6.07) is 0.587. The fourth-order valence-corrected chi connectivity index (χ4v) is 3.11. The van der Waals surface area contributed by atoms with Gasteiger partial charge in [-0.2, -0.15) is 30.7 Å². The van der Waals surface area contributed by atoms with Crippen LogP contribution in [0.1, 0.15) is 12.7 Å². The van der Waals surface area contributed by atoms with Gasteiger partial charge in [-0.15, -0.1) is 0 Å². The van der Waals surface area contributed by atoms with Crippen molar-refractivity contribution in [2.24, 2.45) is 0 Å². The molecule has 4 rings (SSSR count). The number of allylic oxidation sites excluding steroid dienone is 2. The average molecular weight is 465 g/mol. The summed E-state index contributed by atoms with van der Waals surface area (Å²) in [5, 5.41) is 8.73. The van der Waals surface area contributed by atoms with Crippen LogP contribution >= 0.6 is 11.6 Å². The topological polar surface area (TPSA) is 75.0 Å². The molecular formula is C15H8ClF7N2O5. The van der Waals surface area contributed by atoms with Crippen LogP contribution in [0.4, 0.5) is 30.7 Å². The first-order chi connectivity index (χ1) is 13.7. The van der Waals surface area contributed by atoms with Crippen molar-refractivity contribution in [2.45, 2.75) is 38.3 Å². The van der Waals surface area contributed by atoms with E-state index in [1.807, 2.05) is 0 Å². The number of nitrogens with zero attached hydrogens (tertiary/aromatic N) is 2. The van der Waals surface area contributed by atoms with Crippen LogP contribution in [-0.2, 0) is 22.2 Å². The molecule has 0 saturated carbocycles. The molecule has 0 fully saturated rings. The van der Waals surface area contributed by atoms with Gasteiger partial charge in [0.05, 0.1) is 11.6 Å². The number of hydrogen-bond donors (Lipinski definition) is 1. The van der Waals surface area contributed by atoms with Gasteiger partial charge in [0.25, 0.3) is 0 Å². The third-order valence-corrected chi connectivity index (χ3v) is 4.45. The Morgan fingerprint density at radius 1 is 1.17 bits per heavy atom. The van der Waals surface area contributed by atoms with Gasteiger partial charge in [-0.3, -0.25) is 0 Å². The van der Waals surface area contributed by atoms with E-state index in [4.69, 9.17) is 21.1 Å². The lowest BCUT2D eigenvalue weighted by Crippen LogP contribution is -2.52. The number of halogens is 8. The first kappa shape index (κ1) is 20.7. The van der Waals surface area contributed by atoms with E-state index in [2.05, 4.69) is 14.5 Å². The maximum absolute atomic E-state index is 13.7. The van der Waals surface area contributed by atoms with Crippen LogP contribution in [0.2, 0.25) is 5.02 Å². The maximum atomic E-state index is 13.7. The smallest absolute Gasteiger partial charge is 0.434 e. The molecular weight excluding hydrogens is 457 g/mol. The van der Waals surface area contributed by atoms with Crippen LogP contribution < -0.4 is 9.47 Å². The molecule has 1 atom stereocenters. The monoisotopic (exact) mass is 464 g/mol. The molecule has 7 nitrogen and oxygen atoms in total. The summed E-state index contributed by atoms with van der Waals surface area (Å²) in [5.74, 6) is -4.20. The average Bonchev–Trinajstić information content (AvgIpc) is 3.10. The second-order valence-corrected chi connectivity index (χ2v) is 6.57. The highest BCUT2D eigenvalue weighted by Crippen LogP contribution is 2.52. The van der Waals surface area contributed by atoms with Crippen LogP contribution in [0.15, 0.2) is 17.6 Å². The Balaban J connectivity index is 1.99. The molecule has 0 radical (unpaired) electrons. The van der Waals surface area contributed by atoms with Crippen LogP contribution in [-0.4, -0.2) is 33.4 Å². The molecule has 2 aliphatic rings. The highest BCUT2D eigenvalue weighted by molar-refractivity contribution is 6.35. The molecule has 0 amide bonds. The zero-order valence-corrected chi connectivity index (χ0v) is 15.1. The minimum absolute atomic E-state index is 0.109. The van der Waals surface area contributed by atoms with Gasteiger partial charge in [0.15, 0.2) is 17.3 Å². The summed E-state index contributed by atoms with van der Waals surface area (Å²) in [6.45, 7) is -1.38. The number of ether oxygens (including phenoxy) is 4. The number of aliphatic hydroxyl groups is 1. The van der Waals surface area contributed by atoms with E-state index in [0.29, 0.717) is 10.6 Å². The summed E-state index contributed by atoms with van der Waals surface area (Å²) in [7, 11) is 0. The number of imidazole rings is 1. The molecule has 0 bridgehead atoms. The van der Waals surface area contributed by atoms with Crippen molar-refractivity contribution in [1.82, 2.24) is 9.55 Å². The number of aromatic nitrogens is 2. The second kappa shape index (κ2) is 6.20. The van der Waals surface area contributed by atoms with Gasteiger partial charge in [-0.25, -0.2) is 4.98 Å². The maximum Gasteiger partial charge on any atom is 0.507 e. The second-order valence-electron chi connectivity index (χ2n) is 6.16. The fraction of sp³-hybridized carbons (Fsp3) is 0.400. The van der Waals surface area contributed by atoms with E-state index < -0.39 is 64.8 Å². The summed E-state index contributed by atoms with van der Waals surface area (Å²) >= 11 is 5.84. The lowest BCUT2D eigenvalue weighted by Gasteiger charge is -2.32. The van der Waals surface area contributed by atoms with Crippen LogP contribution in [0.25, 0.3) is 11.0 Å². The Morgan fingerprint density at radius 2 is 1.80 bits per heavy atom. The number of aliphatic hydroxyl groups excluding tert-OH is 1. The quantitative estimate of drug-likeness (QED) is 0.671. The van der Waals surface area contributed by atoms with Crippen molar-refractivity contribution in [1.29, 1.82) is 0 Å². The predicted octanol–water partition coefficient (Wildman–Crippen LogP) is 4.22. The van der Waals surface area contributed by atoms with E-state index in [-0.39, 0.29) is 11.5 Å².